The summed E-state index contributed by atoms with van der Waals surface area (Å²) < 4.78 is 5.46. The van der Waals surface area contributed by atoms with Gasteiger partial charge in [0.05, 0.1) is 6.61 Å². The minimum atomic E-state index is 0.0294. The number of anilines is 1. The van der Waals surface area contributed by atoms with Gasteiger partial charge in [-0.3, -0.25) is 9.69 Å². The van der Waals surface area contributed by atoms with E-state index < -0.39 is 0 Å². The highest BCUT2D eigenvalue weighted by Gasteiger charge is 2.53. The maximum Gasteiger partial charge on any atom is 0.230 e. The molecule has 3 aliphatic heterocycles. The van der Waals surface area contributed by atoms with E-state index in [1.807, 2.05) is 41.3 Å². The van der Waals surface area contributed by atoms with Gasteiger partial charge in [-0.05, 0) is 42.2 Å². The molecule has 0 aromatic heterocycles. The van der Waals surface area contributed by atoms with Gasteiger partial charge in [-0.15, -0.1) is 0 Å². The third kappa shape index (κ3) is 3.44. The van der Waals surface area contributed by atoms with Crippen LogP contribution >= 0.6 is 11.6 Å². The SMILES string of the molecule is O=C(C1CCOCC1)N1C[C@H]2[C@@H](c3ccccc31)[C@@H](CO)N2Cc1ccc(Cl)cc1. The van der Waals surface area contributed by atoms with Crippen LogP contribution in [0.15, 0.2) is 48.5 Å². The number of hydrogen-bond donors (Lipinski definition) is 1. The average molecular weight is 427 g/mol. The third-order valence-corrected chi connectivity index (χ3v) is 7.19. The summed E-state index contributed by atoms with van der Waals surface area (Å²) in [7, 11) is 0. The molecular formula is C24H27ClN2O3. The first-order valence-corrected chi connectivity index (χ1v) is 11.1. The van der Waals surface area contributed by atoms with Crippen LogP contribution in [-0.2, 0) is 16.1 Å². The topological polar surface area (TPSA) is 53.0 Å². The summed E-state index contributed by atoms with van der Waals surface area (Å²) in [4.78, 5) is 17.8. The maximum atomic E-state index is 13.4. The van der Waals surface area contributed by atoms with Crippen molar-refractivity contribution in [3.63, 3.8) is 0 Å². The monoisotopic (exact) mass is 426 g/mol. The van der Waals surface area contributed by atoms with Gasteiger partial charge < -0.3 is 14.7 Å². The summed E-state index contributed by atoms with van der Waals surface area (Å²) in [5.74, 6) is 0.488. The predicted octanol–water partition coefficient (Wildman–Crippen LogP) is 3.44. The summed E-state index contributed by atoms with van der Waals surface area (Å²) >= 11 is 6.04. The van der Waals surface area contributed by atoms with E-state index in [4.69, 9.17) is 16.3 Å². The van der Waals surface area contributed by atoms with Crippen LogP contribution in [0, 0.1) is 5.92 Å². The smallest absolute Gasteiger partial charge is 0.230 e. The van der Waals surface area contributed by atoms with Gasteiger partial charge >= 0.3 is 0 Å². The molecule has 0 saturated carbocycles. The van der Waals surface area contributed by atoms with Crippen molar-refractivity contribution in [2.24, 2.45) is 5.92 Å². The number of carbonyl (C=O) groups excluding carboxylic acids is 1. The van der Waals surface area contributed by atoms with E-state index in [2.05, 4.69) is 17.0 Å². The van der Waals surface area contributed by atoms with Crippen LogP contribution in [0.25, 0.3) is 0 Å². The van der Waals surface area contributed by atoms with Gasteiger partial charge in [0.15, 0.2) is 0 Å². The summed E-state index contributed by atoms with van der Waals surface area (Å²) in [5.41, 5.74) is 3.36. The normalized spacial score (nSPS) is 26.6. The van der Waals surface area contributed by atoms with Crippen molar-refractivity contribution in [3.05, 3.63) is 64.7 Å². The lowest BCUT2D eigenvalue weighted by molar-refractivity contribution is -0.126. The highest BCUT2D eigenvalue weighted by Crippen LogP contribution is 2.49. The number of para-hydroxylation sites is 1. The van der Waals surface area contributed by atoms with Gasteiger partial charge in [-0.25, -0.2) is 0 Å². The zero-order valence-electron chi connectivity index (χ0n) is 16.9. The molecule has 0 unspecified atom stereocenters. The molecule has 0 spiro atoms. The molecule has 2 aromatic rings. The fraction of sp³-hybridized carbons (Fsp3) is 0.458. The van der Waals surface area contributed by atoms with Gasteiger partial charge in [0.1, 0.15) is 0 Å². The molecular weight excluding hydrogens is 400 g/mol. The molecule has 1 N–H and O–H groups in total. The lowest BCUT2D eigenvalue weighted by atomic mass is 9.71. The zero-order valence-corrected chi connectivity index (χ0v) is 17.7. The number of nitrogens with zero attached hydrogens (tertiary/aromatic N) is 2. The molecule has 30 heavy (non-hydrogen) atoms. The molecule has 5 rings (SSSR count). The second kappa shape index (κ2) is 8.31. The van der Waals surface area contributed by atoms with Crippen LogP contribution in [0.1, 0.15) is 29.9 Å². The summed E-state index contributed by atoms with van der Waals surface area (Å²) in [6.07, 6.45) is 1.58. The van der Waals surface area contributed by atoms with E-state index in [-0.39, 0.29) is 36.4 Å². The van der Waals surface area contributed by atoms with Gasteiger partial charge in [-0.2, -0.15) is 0 Å². The van der Waals surface area contributed by atoms with Crippen LogP contribution < -0.4 is 4.90 Å². The van der Waals surface area contributed by atoms with Gasteiger partial charge in [0, 0.05) is 60.9 Å². The Bertz CT molecular complexity index is 913. The van der Waals surface area contributed by atoms with Crippen molar-refractivity contribution in [1.82, 2.24) is 4.90 Å². The molecule has 6 heteroatoms. The number of aliphatic hydroxyl groups excluding tert-OH is 1. The Morgan fingerprint density at radius 2 is 1.83 bits per heavy atom. The highest BCUT2D eigenvalue weighted by molar-refractivity contribution is 6.30. The molecule has 0 radical (unpaired) electrons. The van der Waals surface area contributed by atoms with E-state index in [1.165, 1.54) is 5.56 Å². The highest BCUT2D eigenvalue weighted by atomic mass is 35.5. The quantitative estimate of drug-likeness (QED) is 0.813. The molecule has 158 valence electrons. The van der Waals surface area contributed by atoms with Crippen LogP contribution in [0.3, 0.4) is 0 Å². The van der Waals surface area contributed by atoms with Crippen LogP contribution in [0.4, 0.5) is 5.69 Å². The van der Waals surface area contributed by atoms with Gasteiger partial charge in [-0.1, -0.05) is 41.9 Å². The van der Waals surface area contributed by atoms with E-state index in [0.29, 0.717) is 19.8 Å². The van der Waals surface area contributed by atoms with E-state index in [1.54, 1.807) is 0 Å². The second-order valence-corrected chi connectivity index (χ2v) is 8.97. The summed E-state index contributed by atoms with van der Waals surface area (Å²) in [6, 6.07) is 16.4. The van der Waals surface area contributed by atoms with Crippen molar-refractivity contribution in [2.45, 2.75) is 37.4 Å². The lowest BCUT2D eigenvalue weighted by Crippen LogP contribution is -2.69. The maximum absolute atomic E-state index is 13.4. The molecule has 2 aromatic carbocycles. The van der Waals surface area contributed by atoms with Gasteiger partial charge in [0.2, 0.25) is 5.91 Å². The minimum absolute atomic E-state index is 0.0294. The molecule has 1 amide bonds. The molecule has 3 heterocycles. The first-order valence-electron chi connectivity index (χ1n) is 10.8. The van der Waals surface area contributed by atoms with Crippen molar-refractivity contribution >= 4 is 23.2 Å². The molecule has 0 bridgehead atoms. The van der Waals surface area contributed by atoms with Crippen molar-refractivity contribution in [2.75, 3.05) is 31.3 Å². The molecule has 3 atom stereocenters. The first kappa shape index (κ1) is 20.0. The number of carbonyl (C=O) groups is 1. The average Bonchev–Trinajstić information content (AvgIpc) is 2.79. The van der Waals surface area contributed by atoms with Crippen molar-refractivity contribution in [1.29, 1.82) is 0 Å². The molecule has 2 fully saturated rings. The van der Waals surface area contributed by atoms with Crippen molar-refractivity contribution < 1.29 is 14.6 Å². The number of halogens is 1. The number of benzene rings is 2. The fourth-order valence-corrected chi connectivity index (χ4v) is 5.50. The third-order valence-electron chi connectivity index (χ3n) is 6.94. The Balaban J connectivity index is 1.44. The number of amides is 1. The zero-order chi connectivity index (χ0) is 20.7. The molecule has 2 saturated heterocycles. The summed E-state index contributed by atoms with van der Waals surface area (Å²) in [6.45, 7) is 2.84. The minimum Gasteiger partial charge on any atom is -0.395 e. The van der Waals surface area contributed by atoms with Gasteiger partial charge in [0.25, 0.3) is 0 Å². The number of hydrogen-bond acceptors (Lipinski definition) is 4. The van der Waals surface area contributed by atoms with E-state index in [0.717, 1.165) is 35.7 Å². The van der Waals surface area contributed by atoms with E-state index >= 15 is 0 Å². The van der Waals surface area contributed by atoms with Crippen LogP contribution in [0.5, 0.6) is 0 Å². The summed E-state index contributed by atoms with van der Waals surface area (Å²) in [5, 5.41) is 10.9. The lowest BCUT2D eigenvalue weighted by Gasteiger charge is -2.59. The number of ether oxygens (including phenoxy) is 1. The Hall–Kier alpha value is -1.92. The van der Waals surface area contributed by atoms with E-state index in [9.17, 15) is 9.90 Å². The largest absolute Gasteiger partial charge is 0.395 e. The molecule has 0 aliphatic carbocycles. The predicted molar refractivity (Wildman–Crippen MR) is 117 cm³/mol. The Morgan fingerprint density at radius 1 is 1.10 bits per heavy atom. The number of aliphatic hydroxyl groups is 1. The standard InChI is InChI=1S/C24H27ClN2O3/c25-18-7-5-16(6-8-18)13-26-21-14-27(24(29)17-9-11-30-12-10-17)20-4-2-1-3-19(20)23(21)22(26)15-28/h1-8,17,21-23,28H,9-15H2/t21-,22+,23+/m0/s1. The fourth-order valence-electron chi connectivity index (χ4n) is 5.37. The van der Waals surface area contributed by atoms with Crippen LogP contribution in [-0.4, -0.2) is 54.4 Å². The van der Waals surface area contributed by atoms with Crippen LogP contribution in [0.2, 0.25) is 5.02 Å². The van der Waals surface area contributed by atoms with Crippen molar-refractivity contribution in [3.8, 4) is 0 Å². The number of fused-ring (bicyclic) bond motifs is 3. The first-order chi connectivity index (χ1) is 14.7. The number of rotatable bonds is 4. The second-order valence-electron chi connectivity index (χ2n) is 8.54. The molecule has 3 aliphatic rings. The Morgan fingerprint density at radius 3 is 2.57 bits per heavy atom. The Labute approximate surface area is 182 Å². The Kier molecular flexibility index (Phi) is 5.54. The number of likely N-dealkylation sites (tertiary alicyclic amines) is 1. The molecule has 5 nitrogen and oxygen atoms in total.